The first kappa shape index (κ1) is 21.7. The van der Waals surface area contributed by atoms with Crippen molar-refractivity contribution < 1.29 is 17.6 Å². The van der Waals surface area contributed by atoms with Gasteiger partial charge in [0.1, 0.15) is 5.82 Å². The maximum Gasteiger partial charge on any atom is 0.264 e. The summed E-state index contributed by atoms with van der Waals surface area (Å²) in [5.74, 6) is -0.867. The molecule has 0 saturated carbocycles. The smallest absolute Gasteiger partial charge is 0.264 e. The topological polar surface area (TPSA) is 70.6 Å². The molecule has 6 nitrogen and oxygen atoms in total. The maximum absolute atomic E-state index is 13.7. The number of para-hydroxylation sites is 1. The molecule has 0 spiro atoms. The molecule has 0 aliphatic carbocycles. The Hall–Kier alpha value is -3.14. The number of carbonyl (C=O) groups is 1. The van der Waals surface area contributed by atoms with Gasteiger partial charge < -0.3 is 0 Å². The largest absolute Gasteiger partial charge is 0.268 e. The Morgan fingerprint density at radius 3 is 2.42 bits per heavy atom. The molecule has 0 unspecified atom stereocenters. The fraction of sp³-hybridized carbons (Fsp3) is 0.167. The van der Waals surface area contributed by atoms with Gasteiger partial charge in [-0.3, -0.25) is 9.69 Å². The Bertz CT molecular complexity index is 1400. The number of halogens is 1. The summed E-state index contributed by atoms with van der Waals surface area (Å²) in [5, 5.41) is 0.417. The van der Waals surface area contributed by atoms with Crippen LogP contribution in [0.3, 0.4) is 0 Å². The number of anilines is 2. The first-order chi connectivity index (χ1) is 15.9. The zero-order chi connectivity index (χ0) is 23.0. The second-order valence-corrected chi connectivity index (χ2v) is 10.7. The zero-order valence-corrected chi connectivity index (χ0v) is 19.2. The molecule has 0 radical (unpaired) electrons. The standard InChI is InChI=1S/C24H20FN3O3S2/c25-18-10-12-19(13-11-18)28(24-26-21-8-1-2-9-22(21)32-24)23(29)17-6-5-7-20(16-17)33(30,31)27-14-3-4-15-27/h1-2,5-13,16H,3-4,14-15H2. The average molecular weight is 482 g/mol. The molecule has 1 fully saturated rings. The first-order valence-electron chi connectivity index (χ1n) is 10.5. The molecule has 4 aromatic rings. The van der Waals surface area contributed by atoms with Gasteiger partial charge in [-0.1, -0.05) is 29.5 Å². The van der Waals surface area contributed by atoms with Crippen molar-refractivity contribution in [3.8, 4) is 0 Å². The lowest BCUT2D eigenvalue weighted by Crippen LogP contribution is -2.29. The number of fused-ring (bicyclic) bond motifs is 1. The van der Waals surface area contributed by atoms with Crippen LogP contribution in [-0.4, -0.2) is 36.7 Å². The van der Waals surface area contributed by atoms with Crippen molar-refractivity contribution in [2.75, 3.05) is 18.0 Å². The quantitative estimate of drug-likeness (QED) is 0.393. The summed E-state index contributed by atoms with van der Waals surface area (Å²) in [6, 6.07) is 19.1. The van der Waals surface area contributed by atoms with Gasteiger partial charge in [0.15, 0.2) is 5.13 Å². The minimum atomic E-state index is -3.68. The van der Waals surface area contributed by atoms with E-state index in [0.717, 1.165) is 23.1 Å². The van der Waals surface area contributed by atoms with Crippen LogP contribution < -0.4 is 4.90 Å². The Morgan fingerprint density at radius 1 is 0.970 bits per heavy atom. The van der Waals surface area contributed by atoms with Crippen molar-refractivity contribution >= 4 is 48.3 Å². The third-order valence-electron chi connectivity index (χ3n) is 5.55. The predicted molar refractivity (Wildman–Crippen MR) is 127 cm³/mol. The van der Waals surface area contributed by atoms with E-state index in [-0.39, 0.29) is 10.5 Å². The van der Waals surface area contributed by atoms with Gasteiger partial charge in [-0.15, -0.1) is 0 Å². The van der Waals surface area contributed by atoms with E-state index < -0.39 is 21.7 Å². The summed E-state index contributed by atoms with van der Waals surface area (Å²) in [6.07, 6.45) is 1.65. The van der Waals surface area contributed by atoms with Gasteiger partial charge >= 0.3 is 0 Å². The second kappa shape index (κ2) is 8.66. The molecule has 2 heterocycles. The molecule has 5 rings (SSSR count). The van der Waals surface area contributed by atoms with Crippen molar-refractivity contribution in [1.82, 2.24) is 9.29 Å². The third kappa shape index (κ3) is 4.15. The van der Waals surface area contributed by atoms with Crippen LogP contribution in [0.15, 0.2) is 77.7 Å². The highest BCUT2D eigenvalue weighted by atomic mass is 32.2. The monoisotopic (exact) mass is 481 g/mol. The summed E-state index contributed by atoms with van der Waals surface area (Å²) in [4.78, 5) is 19.8. The predicted octanol–water partition coefficient (Wildman–Crippen LogP) is 5.20. The van der Waals surface area contributed by atoms with Crippen LogP contribution >= 0.6 is 11.3 Å². The summed E-state index contributed by atoms with van der Waals surface area (Å²) in [6.45, 7) is 0.960. The van der Waals surface area contributed by atoms with Crippen LogP contribution in [0.1, 0.15) is 23.2 Å². The van der Waals surface area contributed by atoms with E-state index in [9.17, 15) is 17.6 Å². The zero-order valence-electron chi connectivity index (χ0n) is 17.5. The number of hydrogen-bond donors (Lipinski definition) is 0. The lowest BCUT2D eigenvalue weighted by Gasteiger charge is -2.21. The van der Waals surface area contributed by atoms with Gasteiger partial charge in [0.05, 0.1) is 20.8 Å². The lowest BCUT2D eigenvalue weighted by molar-refractivity contribution is 0.0999. The molecule has 1 amide bonds. The number of amides is 1. The van der Waals surface area contributed by atoms with Crippen molar-refractivity contribution in [2.24, 2.45) is 0 Å². The highest BCUT2D eigenvalue weighted by Crippen LogP contribution is 2.35. The van der Waals surface area contributed by atoms with E-state index in [0.29, 0.717) is 23.9 Å². The number of sulfonamides is 1. The lowest BCUT2D eigenvalue weighted by atomic mass is 10.2. The molecule has 1 aromatic heterocycles. The van der Waals surface area contributed by atoms with Crippen LogP contribution in [0.25, 0.3) is 10.2 Å². The second-order valence-electron chi connectivity index (χ2n) is 7.72. The number of aromatic nitrogens is 1. The number of hydrogen-bond acceptors (Lipinski definition) is 5. The number of thiazole rings is 1. The molecule has 168 valence electrons. The Balaban J connectivity index is 1.58. The molecule has 1 aliphatic heterocycles. The minimum absolute atomic E-state index is 0.0820. The van der Waals surface area contributed by atoms with Crippen molar-refractivity contribution in [2.45, 2.75) is 17.7 Å². The molecule has 0 bridgehead atoms. The highest BCUT2D eigenvalue weighted by molar-refractivity contribution is 7.89. The van der Waals surface area contributed by atoms with Gasteiger partial charge in [-0.2, -0.15) is 4.31 Å². The molecule has 0 atom stereocenters. The van der Waals surface area contributed by atoms with Crippen molar-refractivity contribution in [3.63, 3.8) is 0 Å². The summed E-state index contributed by atoms with van der Waals surface area (Å²) >= 11 is 1.33. The maximum atomic E-state index is 13.7. The van der Waals surface area contributed by atoms with Crippen molar-refractivity contribution in [3.05, 3.63) is 84.2 Å². The minimum Gasteiger partial charge on any atom is -0.268 e. The van der Waals surface area contributed by atoms with Gasteiger partial charge in [0, 0.05) is 18.7 Å². The molecule has 1 saturated heterocycles. The molecular formula is C24H20FN3O3S2. The van der Waals surface area contributed by atoms with Gasteiger partial charge in [-0.05, 0) is 67.4 Å². The summed E-state index contributed by atoms with van der Waals surface area (Å²) < 4.78 is 42.0. The number of nitrogens with zero attached hydrogens (tertiary/aromatic N) is 3. The summed E-state index contributed by atoms with van der Waals surface area (Å²) in [7, 11) is -3.68. The molecule has 33 heavy (non-hydrogen) atoms. The third-order valence-corrected chi connectivity index (χ3v) is 8.46. The first-order valence-corrected chi connectivity index (χ1v) is 12.7. The SMILES string of the molecule is O=C(c1cccc(S(=O)(=O)N2CCCC2)c1)N(c1ccc(F)cc1)c1nc2ccccc2s1. The van der Waals surface area contributed by atoms with Gasteiger partial charge in [-0.25, -0.2) is 17.8 Å². The molecule has 3 aromatic carbocycles. The molecular weight excluding hydrogens is 461 g/mol. The highest BCUT2D eigenvalue weighted by Gasteiger charge is 2.29. The average Bonchev–Trinajstić information content (AvgIpc) is 3.51. The van der Waals surface area contributed by atoms with E-state index in [2.05, 4.69) is 4.98 Å². The summed E-state index contributed by atoms with van der Waals surface area (Å²) in [5.41, 5.74) is 1.38. The normalized spacial score (nSPS) is 14.6. The number of carbonyl (C=O) groups excluding carboxylic acids is 1. The van der Waals surface area contributed by atoms with E-state index in [4.69, 9.17) is 0 Å². The Morgan fingerprint density at radius 2 is 1.70 bits per heavy atom. The van der Waals surface area contributed by atoms with Crippen LogP contribution in [-0.2, 0) is 10.0 Å². The number of rotatable bonds is 5. The van der Waals surface area contributed by atoms with Gasteiger partial charge in [0.2, 0.25) is 10.0 Å². The molecule has 9 heteroatoms. The van der Waals surface area contributed by atoms with E-state index in [1.807, 2.05) is 24.3 Å². The van der Waals surface area contributed by atoms with Crippen LogP contribution in [0, 0.1) is 5.82 Å². The van der Waals surface area contributed by atoms with E-state index in [1.165, 1.54) is 56.9 Å². The van der Waals surface area contributed by atoms with Gasteiger partial charge in [0.25, 0.3) is 5.91 Å². The van der Waals surface area contributed by atoms with Crippen LogP contribution in [0.2, 0.25) is 0 Å². The van der Waals surface area contributed by atoms with Crippen LogP contribution in [0.5, 0.6) is 0 Å². The molecule has 1 aliphatic rings. The van der Waals surface area contributed by atoms with E-state index >= 15 is 0 Å². The Labute approximate surface area is 195 Å². The van der Waals surface area contributed by atoms with Crippen molar-refractivity contribution in [1.29, 1.82) is 0 Å². The number of benzene rings is 3. The van der Waals surface area contributed by atoms with Crippen LogP contribution in [0.4, 0.5) is 15.2 Å². The molecule has 0 N–H and O–H groups in total. The van der Waals surface area contributed by atoms with E-state index in [1.54, 1.807) is 12.1 Å². The fourth-order valence-electron chi connectivity index (χ4n) is 3.86. The fourth-order valence-corrected chi connectivity index (χ4v) is 6.41. The Kier molecular flexibility index (Phi) is 5.69.